The summed E-state index contributed by atoms with van der Waals surface area (Å²) in [5.41, 5.74) is 1.68. The lowest BCUT2D eigenvalue weighted by Crippen LogP contribution is -2.39. The lowest BCUT2D eigenvalue weighted by atomic mass is 9.94. The van der Waals surface area contributed by atoms with Crippen molar-refractivity contribution >= 4 is 15.7 Å². The number of benzene rings is 1. The van der Waals surface area contributed by atoms with Crippen LogP contribution in [0.25, 0.3) is 0 Å². The van der Waals surface area contributed by atoms with E-state index in [-0.39, 0.29) is 6.54 Å². The summed E-state index contributed by atoms with van der Waals surface area (Å²) in [6.07, 6.45) is -4.70. The van der Waals surface area contributed by atoms with Gasteiger partial charge in [-0.2, -0.15) is 13.2 Å². The number of sulfone groups is 1. The first-order valence-corrected chi connectivity index (χ1v) is 8.51. The highest BCUT2D eigenvalue weighted by Gasteiger charge is 2.54. The van der Waals surface area contributed by atoms with Crippen LogP contribution < -0.4 is 5.32 Å². The summed E-state index contributed by atoms with van der Waals surface area (Å²) in [6, 6.07) is 7.14. The standard InChI is InChI=1S/C14H16F3NO3S/c1-9-4-2-3-5-10(9)6-18-13(19)11-7-22(20,21)8-12(11)14(15,16)17/h2-5,11-12H,6-8H2,1H3,(H,18,19). The maximum absolute atomic E-state index is 12.9. The Bertz CT molecular complexity index is 670. The van der Waals surface area contributed by atoms with E-state index in [1.807, 2.05) is 19.1 Å². The van der Waals surface area contributed by atoms with E-state index in [0.29, 0.717) is 0 Å². The van der Waals surface area contributed by atoms with Crippen molar-refractivity contribution in [2.75, 3.05) is 11.5 Å². The van der Waals surface area contributed by atoms with E-state index in [0.717, 1.165) is 11.1 Å². The molecule has 0 bridgehead atoms. The van der Waals surface area contributed by atoms with E-state index >= 15 is 0 Å². The number of hydrogen-bond acceptors (Lipinski definition) is 3. The first-order valence-electron chi connectivity index (χ1n) is 6.69. The van der Waals surface area contributed by atoms with Gasteiger partial charge in [0.15, 0.2) is 9.84 Å². The molecule has 8 heteroatoms. The second-order valence-electron chi connectivity index (χ2n) is 5.48. The Morgan fingerprint density at radius 2 is 1.91 bits per heavy atom. The van der Waals surface area contributed by atoms with E-state index in [2.05, 4.69) is 5.32 Å². The highest BCUT2D eigenvalue weighted by molar-refractivity contribution is 7.91. The van der Waals surface area contributed by atoms with Gasteiger partial charge in [-0.25, -0.2) is 8.42 Å². The lowest BCUT2D eigenvalue weighted by Gasteiger charge is -2.20. The molecule has 2 atom stereocenters. The molecule has 1 N–H and O–H groups in total. The minimum Gasteiger partial charge on any atom is -0.352 e. The fourth-order valence-corrected chi connectivity index (χ4v) is 4.59. The summed E-state index contributed by atoms with van der Waals surface area (Å²) >= 11 is 0. The van der Waals surface area contributed by atoms with Gasteiger partial charge < -0.3 is 5.32 Å². The molecule has 4 nitrogen and oxygen atoms in total. The Balaban J connectivity index is 2.09. The largest absolute Gasteiger partial charge is 0.393 e. The number of hydrogen-bond donors (Lipinski definition) is 1. The molecule has 1 saturated heterocycles. The second-order valence-corrected chi connectivity index (χ2v) is 7.63. The molecule has 2 rings (SSSR count). The van der Waals surface area contributed by atoms with Gasteiger partial charge in [0.2, 0.25) is 5.91 Å². The van der Waals surface area contributed by atoms with Gasteiger partial charge in [-0.05, 0) is 18.1 Å². The van der Waals surface area contributed by atoms with Crippen molar-refractivity contribution in [3.63, 3.8) is 0 Å². The van der Waals surface area contributed by atoms with Crippen molar-refractivity contribution in [3.05, 3.63) is 35.4 Å². The zero-order valence-corrected chi connectivity index (χ0v) is 12.7. The molecule has 0 aromatic heterocycles. The van der Waals surface area contributed by atoms with E-state index in [1.54, 1.807) is 12.1 Å². The molecule has 1 aromatic rings. The van der Waals surface area contributed by atoms with Crippen LogP contribution in [-0.2, 0) is 21.2 Å². The fourth-order valence-electron chi connectivity index (χ4n) is 2.55. The molecule has 122 valence electrons. The topological polar surface area (TPSA) is 63.2 Å². The Labute approximate surface area is 126 Å². The summed E-state index contributed by atoms with van der Waals surface area (Å²) < 4.78 is 61.6. The number of carbonyl (C=O) groups is 1. The monoisotopic (exact) mass is 335 g/mol. The molecular weight excluding hydrogens is 319 g/mol. The van der Waals surface area contributed by atoms with Gasteiger partial charge in [0.1, 0.15) is 0 Å². The van der Waals surface area contributed by atoms with Crippen LogP contribution in [-0.4, -0.2) is 32.0 Å². The average molecular weight is 335 g/mol. The highest BCUT2D eigenvalue weighted by atomic mass is 32.2. The van der Waals surface area contributed by atoms with Gasteiger partial charge in [-0.3, -0.25) is 4.79 Å². The Kier molecular flexibility index (Phi) is 4.51. The summed E-state index contributed by atoms with van der Waals surface area (Å²) in [6.45, 7) is 1.90. The third-order valence-electron chi connectivity index (χ3n) is 3.82. The third kappa shape index (κ3) is 3.79. The summed E-state index contributed by atoms with van der Waals surface area (Å²) in [7, 11) is -3.84. The van der Waals surface area contributed by atoms with Crippen molar-refractivity contribution in [2.24, 2.45) is 11.8 Å². The van der Waals surface area contributed by atoms with Crippen LogP contribution in [0.5, 0.6) is 0 Å². The fraction of sp³-hybridized carbons (Fsp3) is 0.500. The molecule has 0 radical (unpaired) electrons. The summed E-state index contributed by atoms with van der Waals surface area (Å²) in [4.78, 5) is 12.0. The SMILES string of the molecule is Cc1ccccc1CNC(=O)C1CS(=O)(=O)CC1C(F)(F)F. The number of nitrogens with one attached hydrogen (secondary N) is 1. The molecule has 1 heterocycles. The van der Waals surface area contributed by atoms with Crippen LogP contribution in [0.4, 0.5) is 13.2 Å². The van der Waals surface area contributed by atoms with E-state index < -0.39 is 45.3 Å². The number of amides is 1. The minimum absolute atomic E-state index is 0.0760. The molecular formula is C14H16F3NO3S. The maximum Gasteiger partial charge on any atom is 0.393 e. The van der Waals surface area contributed by atoms with Crippen LogP contribution in [0.15, 0.2) is 24.3 Å². The van der Waals surface area contributed by atoms with E-state index in [4.69, 9.17) is 0 Å². The van der Waals surface area contributed by atoms with E-state index in [9.17, 15) is 26.4 Å². The van der Waals surface area contributed by atoms with Gasteiger partial charge in [0.05, 0.1) is 23.3 Å². The normalized spacial score (nSPS) is 24.2. The number of alkyl halides is 3. The molecule has 1 amide bonds. The summed E-state index contributed by atoms with van der Waals surface area (Å²) in [5, 5.41) is 2.42. The van der Waals surface area contributed by atoms with Crippen LogP contribution in [0.2, 0.25) is 0 Å². The number of carbonyl (C=O) groups excluding carboxylic acids is 1. The van der Waals surface area contributed by atoms with Crippen LogP contribution in [0, 0.1) is 18.8 Å². The van der Waals surface area contributed by atoms with E-state index in [1.165, 1.54) is 0 Å². The van der Waals surface area contributed by atoms with Crippen molar-refractivity contribution in [1.82, 2.24) is 5.32 Å². The molecule has 0 saturated carbocycles. The smallest absolute Gasteiger partial charge is 0.352 e. The maximum atomic E-state index is 12.9. The zero-order chi connectivity index (χ0) is 16.5. The number of rotatable bonds is 3. The molecule has 22 heavy (non-hydrogen) atoms. The van der Waals surface area contributed by atoms with Crippen LogP contribution in [0.3, 0.4) is 0 Å². The van der Waals surface area contributed by atoms with Gasteiger partial charge in [0, 0.05) is 6.54 Å². The second kappa shape index (κ2) is 5.91. The van der Waals surface area contributed by atoms with Gasteiger partial charge in [-0.1, -0.05) is 24.3 Å². The molecule has 1 aliphatic rings. The molecule has 0 aliphatic carbocycles. The van der Waals surface area contributed by atoms with Crippen molar-refractivity contribution in [1.29, 1.82) is 0 Å². The predicted molar refractivity (Wildman–Crippen MR) is 74.7 cm³/mol. The van der Waals surface area contributed by atoms with Crippen LogP contribution in [0.1, 0.15) is 11.1 Å². The van der Waals surface area contributed by atoms with Crippen LogP contribution >= 0.6 is 0 Å². The highest BCUT2D eigenvalue weighted by Crippen LogP contribution is 2.38. The third-order valence-corrected chi connectivity index (χ3v) is 5.56. The molecule has 0 spiro atoms. The Hall–Kier alpha value is -1.57. The molecule has 1 aromatic carbocycles. The van der Waals surface area contributed by atoms with Crippen molar-refractivity contribution in [2.45, 2.75) is 19.6 Å². The zero-order valence-electron chi connectivity index (χ0n) is 11.9. The van der Waals surface area contributed by atoms with Gasteiger partial charge >= 0.3 is 6.18 Å². The average Bonchev–Trinajstić information content (AvgIpc) is 2.74. The first-order chi connectivity index (χ1) is 10.1. The number of halogens is 3. The quantitative estimate of drug-likeness (QED) is 0.917. The van der Waals surface area contributed by atoms with Gasteiger partial charge in [0.25, 0.3) is 0 Å². The first kappa shape index (κ1) is 16.8. The Morgan fingerprint density at radius 1 is 1.27 bits per heavy atom. The van der Waals surface area contributed by atoms with Crippen molar-refractivity contribution < 1.29 is 26.4 Å². The summed E-state index contributed by atoms with van der Waals surface area (Å²) in [5.74, 6) is -6.34. The Morgan fingerprint density at radius 3 is 2.50 bits per heavy atom. The lowest BCUT2D eigenvalue weighted by molar-refractivity contribution is -0.181. The van der Waals surface area contributed by atoms with Gasteiger partial charge in [-0.15, -0.1) is 0 Å². The minimum atomic E-state index is -4.70. The number of aryl methyl sites for hydroxylation is 1. The predicted octanol–water partition coefficient (Wildman–Crippen LogP) is 1.83. The molecule has 1 aliphatic heterocycles. The molecule has 2 unspecified atom stereocenters. The molecule has 1 fully saturated rings. The van der Waals surface area contributed by atoms with Crippen molar-refractivity contribution in [3.8, 4) is 0 Å².